The second kappa shape index (κ2) is 5.57. The summed E-state index contributed by atoms with van der Waals surface area (Å²) in [6.07, 6.45) is 3.28. The number of phenols is 1. The number of nitrogens with zero attached hydrogens (tertiary/aromatic N) is 1. The summed E-state index contributed by atoms with van der Waals surface area (Å²) in [6, 6.07) is 10.9. The fraction of sp³-hybridized carbons (Fsp3) is 0.400. The van der Waals surface area contributed by atoms with Crippen molar-refractivity contribution in [2.45, 2.75) is 32.2 Å². The summed E-state index contributed by atoms with van der Waals surface area (Å²) in [4.78, 5) is 2.62. The number of ether oxygens (including phenoxy) is 1. The van der Waals surface area contributed by atoms with Crippen LogP contribution in [0.5, 0.6) is 11.5 Å². The first-order valence-electron chi connectivity index (χ1n) is 8.49. The molecule has 120 valence electrons. The molecule has 3 nitrogen and oxygen atoms in total. The molecule has 1 atom stereocenters. The quantitative estimate of drug-likeness (QED) is 0.932. The molecule has 23 heavy (non-hydrogen) atoms. The van der Waals surface area contributed by atoms with E-state index in [4.69, 9.17) is 4.74 Å². The van der Waals surface area contributed by atoms with E-state index in [2.05, 4.69) is 36.1 Å². The Bertz CT molecular complexity index is 754. The lowest BCUT2D eigenvalue weighted by Gasteiger charge is -2.42. The summed E-state index contributed by atoms with van der Waals surface area (Å²) >= 11 is 0. The highest BCUT2D eigenvalue weighted by atomic mass is 16.5. The van der Waals surface area contributed by atoms with Crippen molar-refractivity contribution in [3.63, 3.8) is 0 Å². The van der Waals surface area contributed by atoms with Gasteiger partial charge in [-0.1, -0.05) is 31.2 Å². The fourth-order valence-electron chi connectivity index (χ4n) is 4.32. The van der Waals surface area contributed by atoms with Gasteiger partial charge in [0.2, 0.25) is 0 Å². The van der Waals surface area contributed by atoms with E-state index in [0.717, 1.165) is 31.5 Å². The molecule has 0 amide bonds. The molecule has 1 N–H and O–H groups in total. The average Bonchev–Trinajstić information content (AvgIpc) is 2.58. The van der Waals surface area contributed by atoms with E-state index in [-0.39, 0.29) is 5.75 Å². The van der Waals surface area contributed by atoms with Crippen LogP contribution >= 0.6 is 0 Å². The van der Waals surface area contributed by atoms with Crippen molar-refractivity contribution in [1.29, 1.82) is 0 Å². The molecular weight excluding hydrogens is 286 g/mol. The van der Waals surface area contributed by atoms with Crippen molar-refractivity contribution in [2.24, 2.45) is 0 Å². The van der Waals surface area contributed by atoms with Crippen LogP contribution in [-0.2, 0) is 12.8 Å². The van der Waals surface area contributed by atoms with Crippen molar-refractivity contribution in [2.75, 3.05) is 20.2 Å². The molecule has 2 aliphatic rings. The largest absolute Gasteiger partial charge is 0.504 e. The maximum Gasteiger partial charge on any atom is 0.168 e. The molecule has 0 radical (unpaired) electrons. The van der Waals surface area contributed by atoms with Gasteiger partial charge < -0.3 is 9.84 Å². The molecule has 0 saturated carbocycles. The van der Waals surface area contributed by atoms with Gasteiger partial charge in [-0.2, -0.15) is 0 Å². The Morgan fingerprint density at radius 2 is 2.09 bits per heavy atom. The molecule has 0 aromatic heterocycles. The third kappa shape index (κ3) is 2.14. The van der Waals surface area contributed by atoms with Crippen LogP contribution in [0.4, 0.5) is 0 Å². The maximum absolute atomic E-state index is 10.2. The van der Waals surface area contributed by atoms with Gasteiger partial charge in [-0.25, -0.2) is 0 Å². The standard InChI is InChI=1S/C20H23NO2/c1-3-10-21-11-9-13-5-4-6-15-18(13)16(21)12-14-7-8-17(22)20(23-2)19(14)15/h4-8,16,22H,3,9-12H2,1-2H3/t16-/m1/s1. The number of methoxy groups -OCH3 is 1. The second-order valence-electron chi connectivity index (χ2n) is 6.54. The predicted octanol–water partition coefficient (Wildman–Crippen LogP) is 3.93. The van der Waals surface area contributed by atoms with Crippen LogP contribution in [-0.4, -0.2) is 30.2 Å². The van der Waals surface area contributed by atoms with Gasteiger partial charge in [-0.15, -0.1) is 0 Å². The van der Waals surface area contributed by atoms with Crippen LogP contribution in [0.15, 0.2) is 30.3 Å². The molecule has 0 unspecified atom stereocenters. The van der Waals surface area contributed by atoms with Gasteiger partial charge in [0.25, 0.3) is 0 Å². The van der Waals surface area contributed by atoms with E-state index >= 15 is 0 Å². The Balaban J connectivity index is 1.95. The Kier molecular flexibility index (Phi) is 3.53. The normalized spacial score (nSPS) is 19.1. The van der Waals surface area contributed by atoms with Crippen LogP contribution in [0.1, 0.15) is 36.1 Å². The number of fused-ring (bicyclic) bond motifs is 2. The second-order valence-corrected chi connectivity index (χ2v) is 6.54. The maximum atomic E-state index is 10.2. The molecule has 0 saturated heterocycles. The third-order valence-electron chi connectivity index (χ3n) is 5.26. The van der Waals surface area contributed by atoms with Crippen LogP contribution in [0, 0.1) is 0 Å². The zero-order valence-corrected chi connectivity index (χ0v) is 13.8. The van der Waals surface area contributed by atoms with Crippen molar-refractivity contribution in [1.82, 2.24) is 4.90 Å². The van der Waals surface area contributed by atoms with Crippen LogP contribution in [0.2, 0.25) is 0 Å². The minimum absolute atomic E-state index is 0.225. The van der Waals surface area contributed by atoms with Gasteiger partial charge >= 0.3 is 0 Å². The highest BCUT2D eigenvalue weighted by molar-refractivity contribution is 5.82. The first-order chi connectivity index (χ1) is 11.2. The first kappa shape index (κ1) is 14.6. The van der Waals surface area contributed by atoms with E-state index in [1.54, 1.807) is 13.2 Å². The summed E-state index contributed by atoms with van der Waals surface area (Å²) < 4.78 is 5.54. The van der Waals surface area contributed by atoms with E-state index in [1.165, 1.54) is 28.7 Å². The molecule has 1 heterocycles. The summed E-state index contributed by atoms with van der Waals surface area (Å²) in [7, 11) is 1.64. The average molecular weight is 309 g/mol. The van der Waals surface area contributed by atoms with Crippen molar-refractivity contribution in [3.05, 3.63) is 47.0 Å². The van der Waals surface area contributed by atoms with Gasteiger partial charge in [0.05, 0.1) is 7.11 Å². The topological polar surface area (TPSA) is 32.7 Å². The molecule has 4 rings (SSSR count). The lowest BCUT2D eigenvalue weighted by atomic mass is 9.76. The first-order valence-corrected chi connectivity index (χ1v) is 8.49. The van der Waals surface area contributed by atoms with E-state index in [1.807, 2.05) is 0 Å². The molecule has 3 heteroatoms. The molecule has 2 aromatic carbocycles. The molecule has 1 aliphatic heterocycles. The zero-order chi connectivity index (χ0) is 16.0. The lowest BCUT2D eigenvalue weighted by Crippen LogP contribution is -2.38. The smallest absolute Gasteiger partial charge is 0.168 e. The summed E-state index contributed by atoms with van der Waals surface area (Å²) in [5.41, 5.74) is 6.50. The number of benzene rings is 2. The molecule has 0 spiro atoms. The summed E-state index contributed by atoms with van der Waals surface area (Å²) in [5.74, 6) is 0.838. The molecular formula is C20H23NO2. The molecule has 1 aliphatic carbocycles. The van der Waals surface area contributed by atoms with Gasteiger partial charge in [-0.3, -0.25) is 4.90 Å². The SMILES string of the molecule is CCCN1CCc2cccc3c2[C@H]1Cc1ccc(O)c(OC)c1-3. The van der Waals surface area contributed by atoms with Gasteiger partial charge in [0.15, 0.2) is 11.5 Å². The molecule has 0 fully saturated rings. The zero-order valence-electron chi connectivity index (χ0n) is 13.8. The van der Waals surface area contributed by atoms with Gasteiger partial charge in [0.1, 0.15) is 0 Å². The number of aromatic hydroxyl groups is 1. The number of rotatable bonds is 3. The minimum Gasteiger partial charge on any atom is -0.504 e. The van der Waals surface area contributed by atoms with Crippen LogP contribution < -0.4 is 4.74 Å². The Morgan fingerprint density at radius 3 is 2.87 bits per heavy atom. The Labute approximate surface area is 137 Å². The lowest BCUT2D eigenvalue weighted by molar-refractivity contribution is 0.183. The number of phenolic OH excluding ortho intramolecular Hbond substituents is 1. The highest BCUT2D eigenvalue weighted by Crippen LogP contribution is 2.50. The number of hydrogen-bond donors (Lipinski definition) is 1. The minimum atomic E-state index is 0.225. The predicted molar refractivity (Wildman–Crippen MR) is 92.1 cm³/mol. The summed E-state index contributed by atoms with van der Waals surface area (Å²) in [6.45, 7) is 4.53. The van der Waals surface area contributed by atoms with E-state index in [0.29, 0.717) is 11.8 Å². The van der Waals surface area contributed by atoms with Gasteiger partial charge in [-0.05, 0) is 54.1 Å². The fourth-order valence-corrected chi connectivity index (χ4v) is 4.32. The van der Waals surface area contributed by atoms with Crippen molar-refractivity contribution >= 4 is 0 Å². The Morgan fingerprint density at radius 1 is 1.22 bits per heavy atom. The third-order valence-corrected chi connectivity index (χ3v) is 5.26. The monoisotopic (exact) mass is 309 g/mol. The van der Waals surface area contributed by atoms with Crippen molar-refractivity contribution in [3.8, 4) is 22.6 Å². The van der Waals surface area contributed by atoms with Crippen LogP contribution in [0.25, 0.3) is 11.1 Å². The van der Waals surface area contributed by atoms with E-state index < -0.39 is 0 Å². The molecule has 0 bridgehead atoms. The summed E-state index contributed by atoms with van der Waals surface area (Å²) in [5, 5.41) is 10.2. The van der Waals surface area contributed by atoms with Crippen LogP contribution in [0.3, 0.4) is 0 Å². The number of hydrogen-bond acceptors (Lipinski definition) is 3. The highest BCUT2D eigenvalue weighted by Gasteiger charge is 2.35. The molecule has 2 aromatic rings. The van der Waals surface area contributed by atoms with E-state index in [9.17, 15) is 5.11 Å². The Hall–Kier alpha value is -2.00. The van der Waals surface area contributed by atoms with Gasteiger partial charge in [0, 0.05) is 18.2 Å². The van der Waals surface area contributed by atoms with Crippen molar-refractivity contribution < 1.29 is 9.84 Å².